The van der Waals surface area contributed by atoms with Crippen LogP contribution in [0.4, 0.5) is 4.39 Å². The van der Waals surface area contributed by atoms with Crippen LogP contribution in [0.2, 0.25) is 0 Å². The Bertz CT molecular complexity index is 847. The Hall–Kier alpha value is -1.41. The van der Waals surface area contributed by atoms with Crippen molar-refractivity contribution in [1.82, 2.24) is 41.5 Å². The number of nitrogens with one attached hydrogen (secondary N) is 5. The summed E-state index contributed by atoms with van der Waals surface area (Å²) in [5.41, 5.74) is 9.33. The SMILES string of the molecule is NC1NN2CC(F)CNC2C1C(=O)NC1CNCCC1C1CCC(C(=O)N2CCC(N3CCC3)CC2)NC1. The average Bonchev–Trinajstić information content (AvgIpc) is 3.23. The molecule has 0 radical (unpaired) electrons. The molecule has 0 aromatic carbocycles. The number of alkyl halides is 1. The van der Waals surface area contributed by atoms with E-state index in [1.165, 1.54) is 19.5 Å². The molecule has 0 spiro atoms. The van der Waals surface area contributed by atoms with Crippen molar-refractivity contribution in [2.75, 3.05) is 58.9 Å². The van der Waals surface area contributed by atoms with E-state index in [-0.39, 0.29) is 43.2 Å². The second kappa shape index (κ2) is 11.6. The average molecular weight is 536 g/mol. The van der Waals surface area contributed by atoms with Crippen molar-refractivity contribution in [3.8, 4) is 0 Å². The highest BCUT2D eigenvalue weighted by atomic mass is 19.1. The van der Waals surface area contributed by atoms with E-state index in [2.05, 4.69) is 36.5 Å². The third-order valence-corrected chi connectivity index (χ3v) is 10.0. The number of hydrogen-bond donors (Lipinski definition) is 6. The summed E-state index contributed by atoms with van der Waals surface area (Å²) in [7, 11) is 0. The van der Waals surface area contributed by atoms with Gasteiger partial charge in [0.25, 0.3) is 0 Å². The maximum Gasteiger partial charge on any atom is 0.239 e. The lowest BCUT2D eigenvalue weighted by Gasteiger charge is -2.44. The van der Waals surface area contributed by atoms with Crippen LogP contribution in [0.15, 0.2) is 0 Å². The molecule has 6 saturated heterocycles. The van der Waals surface area contributed by atoms with Crippen LogP contribution in [0, 0.1) is 17.8 Å². The number of piperidine rings is 3. The highest BCUT2D eigenvalue weighted by Crippen LogP contribution is 2.31. The Morgan fingerprint density at radius 2 is 1.76 bits per heavy atom. The molecule has 7 N–H and O–H groups in total. The number of rotatable bonds is 5. The van der Waals surface area contributed by atoms with Crippen LogP contribution in [-0.2, 0) is 9.59 Å². The van der Waals surface area contributed by atoms with E-state index in [1.54, 1.807) is 5.01 Å². The van der Waals surface area contributed by atoms with Gasteiger partial charge < -0.3 is 31.5 Å². The molecule has 6 rings (SSSR count). The van der Waals surface area contributed by atoms with E-state index in [0.29, 0.717) is 17.9 Å². The number of likely N-dealkylation sites (tertiary alicyclic amines) is 2. The summed E-state index contributed by atoms with van der Waals surface area (Å²) < 4.78 is 13.8. The number of carbonyl (C=O) groups excluding carboxylic acids is 2. The molecule has 6 aliphatic rings. The highest BCUT2D eigenvalue weighted by molar-refractivity contribution is 5.82. The zero-order chi connectivity index (χ0) is 26.2. The van der Waals surface area contributed by atoms with Gasteiger partial charge >= 0.3 is 0 Å². The number of fused-ring (bicyclic) bond motifs is 1. The molecule has 0 bridgehead atoms. The van der Waals surface area contributed by atoms with Crippen LogP contribution in [0.1, 0.15) is 38.5 Å². The highest BCUT2D eigenvalue weighted by Gasteiger charge is 2.48. The van der Waals surface area contributed by atoms with Crippen LogP contribution >= 0.6 is 0 Å². The minimum atomic E-state index is -0.980. The molecule has 0 aromatic rings. The van der Waals surface area contributed by atoms with Crippen LogP contribution in [0.5, 0.6) is 0 Å². The standard InChI is InChI=1S/C26H46FN9O2/c27-17-13-31-24-22(23(28)33-36(24)15-17)25(37)32-21-14-29-7-4-19(21)16-2-3-20(30-12-16)26(38)35-10-5-18(6-11-35)34-8-1-9-34/h16-24,29-31,33H,1-15,28H2,(H,32,37). The predicted molar refractivity (Wildman–Crippen MR) is 141 cm³/mol. The van der Waals surface area contributed by atoms with E-state index in [0.717, 1.165) is 64.8 Å². The fraction of sp³-hybridized carbons (Fsp3) is 0.923. The largest absolute Gasteiger partial charge is 0.351 e. The van der Waals surface area contributed by atoms with Gasteiger partial charge in [-0.2, -0.15) is 0 Å². The van der Waals surface area contributed by atoms with Gasteiger partial charge in [0.1, 0.15) is 6.17 Å². The second-order valence-electron chi connectivity index (χ2n) is 12.3. The number of amides is 2. The molecule has 6 heterocycles. The molecule has 12 heteroatoms. The van der Waals surface area contributed by atoms with Crippen LogP contribution < -0.4 is 32.4 Å². The molecular weight excluding hydrogens is 489 g/mol. The number of nitrogens with two attached hydrogens (primary N) is 1. The van der Waals surface area contributed by atoms with Gasteiger partial charge in [0.05, 0.1) is 24.3 Å². The van der Waals surface area contributed by atoms with Gasteiger partial charge in [0.2, 0.25) is 11.8 Å². The number of halogens is 1. The van der Waals surface area contributed by atoms with E-state index in [9.17, 15) is 14.0 Å². The lowest BCUT2D eigenvalue weighted by Crippen LogP contribution is -2.61. The summed E-state index contributed by atoms with van der Waals surface area (Å²) in [6.45, 7) is 7.13. The molecule has 214 valence electrons. The van der Waals surface area contributed by atoms with Crippen molar-refractivity contribution in [2.45, 2.75) is 75.2 Å². The molecule has 8 unspecified atom stereocenters. The topological polar surface area (TPSA) is 130 Å². The fourth-order valence-electron chi connectivity index (χ4n) is 7.69. The van der Waals surface area contributed by atoms with Crippen molar-refractivity contribution >= 4 is 11.8 Å². The van der Waals surface area contributed by atoms with Gasteiger partial charge in [0.15, 0.2) is 0 Å². The minimum absolute atomic E-state index is 0.00889. The smallest absolute Gasteiger partial charge is 0.239 e. The molecule has 8 atom stereocenters. The van der Waals surface area contributed by atoms with E-state index in [1.807, 2.05) is 0 Å². The Morgan fingerprint density at radius 1 is 0.947 bits per heavy atom. The molecule has 6 aliphatic heterocycles. The van der Waals surface area contributed by atoms with Crippen LogP contribution in [0.3, 0.4) is 0 Å². The quantitative estimate of drug-likeness (QED) is 0.240. The second-order valence-corrected chi connectivity index (χ2v) is 12.3. The number of carbonyl (C=O) groups is 2. The molecule has 6 fully saturated rings. The van der Waals surface area contributed by atoms with Gasteiger partial charge in [0, 0.05) is 44.8 Å². The molecular formula is C26H46FN9O2. The van der Waals surface area contributed by atoms with E-state index >= 15 is 0 Å². The summed E-state index contributed by atoms with van der Waals surface area (Å²) in [5.74, 6) is 0.451. The summed E-state index contributed by atoms with van der Waals surface area (Å²) in [6.07, 6.45) is 4.51. The molecule has 38 heavy (non-hydrogen) atoms. The first-order valence-electron chi connectivity index (χ1n) is 14.9. The zero-order valence-electron chi connectivity index (χ0n) is 22.4. The fourth-order valence-corrected chi connectivity index (χ4v) is 7.69. The Balaban J connectivity index is 1.000. The third-order valence-electron chi connectivity index (χ3n) is 10.0. The van der Waals surface area contributed by atoms with Crippen LogP contribution in [0.25, 0.3) is 0 Å². The first-order valence-corrected chi connectivity index (χ1v) is 14.9. The normalized spacial score (nSPS) is 41.4. The number of nitrogens with zero attached hydrogens (tertiary/aromatic N) is 3. The first-order chi connectivity index (χ1) is 18.5. The maximum atomic E-state index is 13.8. The van der Waals surface area contributed by atoms with E-state index < -0.39 is 18.3 Å². The summed E-state index contributed by atoms with van der Waals surface area (Å²) in [6, 6.07) is 0.581. The molecule has 0 aromatic heterocycles. The predicted octanol–water partition coefficient (Wildman–Crippen LogP) is -1.87. The molecule has 2 amide bonds. The van der Waals surface area contributed by atoms with Crippen molar-refractivity contribution in [3.63, 3.8) is 0 Å². The number of hydrazine groups is 1. The van der Waals surface area contributed by atoms with Gasteiger partial charge in [-0.25, -0.2) is 14.8 Å². The van der Waals surface area contributed by atoms with E-state index in [4.69, 9.17) is 5.73 Å². The maximum absolute atomic E-state index is 13.8. The van der Waals surface area contributed by atoms with Gasteiger partial charge in [-0.15, -0.1) is 0 Å². The Kier molecular flexibility index (Phi) is 8.18. The first kappa shape index (κ1) is 26.8. The lowest BCUT2D eigenvalue weighted by molar-refractivity contribution is -0.136. The lowest BCUT2D eigenvalue weighted by atomic mass is 9.76. The Labute approximate surface area is 225 Å². The summed E-state index contributed by atoms with van der Waals surface area (Å²) >= 11 is 0. The monoisotopic (exact) mass is 535 g/mol. The van der Waals surface area contributed by atoms with Gasteiger partial charge in [-0.3, -0.25) is 14.9 Å². The van der Waals surface area contributed by atoms with Crippen molar-refractivity contribution in [2.24, 2.45) is 23.5 Å². The third kappa shape index (κ3) is 5.45. The summed E-state index contributed by atoms with van der Waals surface area (Å²) in [4.78, 5) is 31.3. The molecule has 0 saturated carbocycles. The van der Waals surface area contributed by atoms with Crippen LogP contribution in [-0.4, -0.2) is 122 Å². The van der Waals surface area contributed by atoms with Crippen molar-refractivity contribution in [3.05, 3.63) is 0 Å². The van der Waals surface area contributed by atoms with Crippen molar-refractivity contribution < 1.29 is 14.0 Å². The zero-order valence-corrected chi connectivity index (χ0v) is 22.4. The van der Waals surface area contributed by atoms with Gasteiger partial charge in [-0.1, -0.05) is 0 Å². The molecule has 11 nitrogen and oxygen atoms in total. The minimum Gasteiger partial charge on any atom is -0.351 e. The number of hydrogen-bond acceptors (Lipinski definition) is 9. The Morgan fingerprint density at radius 3 is 2.47 bits per heavy atom. The molecule has 0 aliphatic carbocycles. The van der Waals surface area contributed by atoms with Gasteiger partial charge in [-0.05, 0) is 76.5 Å². The van der Waals surface area contributed by atoms with Crippen molar-refractivity contribution in [1.29, 1.82) is 0 Å². The summed E-state index contributed by atoms with van der Waals surface area (Å²) in [5, 5.41) is 15.2.